The summed E-state index contributed by atoms with van der Waals surface area (Å²) >= 11 is 6.61. The Morgan fingerprint density at radius 2 is 1.20 bits per heavy atom. The number of halogens is 1. The molecule has 0 amide bonds. The third-order valence-electron chi connectivity index (χ3n) is 3.85. The van der Waals surface area contributed by atoms with E-state index in [-0.39, 0.29) is 0 Å². The van der Waals surface area contributed by atoms with Gasteiger partial charge in [0.15, 0.2) is 0 Å². The number of amidine groups is 1. The zero-order valence-electron chi connectivity index (χ0n) is 14.3. The lowest BCUT2D eigenvalue weighted by Gasteiger charge is -2.16. The molecule has 0 aromatic rings. The van der Waals surface area contributed by atoms with Crippen LogP contribution in [0.3, 0.4) is 0 Å². The molecule has 2 nitrogen and oxygen atoms in total. The van der Waals surface area contributed by atoms with Crippen molar-refractivity contribution in [1.82, 2.24) is 4.90 Å². The van der Waals surface area contributed by atoms with Crippen LogP contribution in [0, 0.1) is 0 Å². The van der Waals surface area contributed by atoms with Crippen molar-refractivity contribution in [1.29, 1.82) is 0 Å². The standard InChI is InChI=1S/C17H36ClN2/c1-5-9-11-13-15-20(16-14-12-10-6-2)17(18)19(7-3)8-4/h5-16H2,1-4H3/q+1. The van der Waals surface area contributed by atoms with Gasteiger partial charge in [0.05, 0.1) is 26.2 Å². The van der Waals surface area contributed by atoms with E-state index in [4.69, 9.17) is 11.6 Å². The predicted molar refractivity (Wildman–Crippen MR) is 92.1 cm³/mol. The van der Waals surface area contributed by atoms with Crippen molar-refractivity contribution in [2.45, 2.75) is 79.1 Å². The number of hydrogen-bond acceptors (Lipinski definition) is 0. The summed E-state index contributed by atoms with van der Waals surface area (Å²) in [6.07, 6.45) is 10.4. The normalized spacial score (nSPS) is 10.7. The van der Waals surface area contributed by atoms with Crippen LogP contribution in [-0.4, -0.2) is 40.9 Å². The molecule has 0 aliphatic heterocycles. The van der Waals surface area contributed by atoms with Crippen LogP contribution in [0.2, 0.25) is 0 Å². The molecular formula is C17H36ClN2+. The third-order valence-corrected chi connectivity index (χ3v) is 4.33. The Labute approximate surface area is 132 Å². The second-order valence-corrected chi connectivity index (χ2v) is 5.89. The lowest BCUT2D eigenvalue weighted by atomic mass is 10.2. The monoisotopic (exact) mass is 303 g/mol. The van der Waals surface area contributed by atoms with Gasteiger partial charge in [0.2, 0.25) is 0 Å². The molecule has 0 fully saturated rings. The van der Waals surface area contributed by atoms with Crippen LogP contribution < -0.4 is 0 Å². The number of hydrogen-bond donors (Lipinski definition) is 0. The van der Waals surface area contributed by atoms with Gasteiger partial charge in [-0.15, -0.1) is 0 Å². The molecule has 0 atom stereocenters. The van der Waals surface area contributed by atoms with Crippen LogP contribution >= 0.6 is 11.6 Å². The molecule has 20 heavy (non-hydrogen) atoms. The van der Waals surface area contributed by atoms with Gasteiger partial charge in [0.25, 0.3) is 0 Å². The van der Waals surface area contributed by atoms with E-state index in [1.165, 1.54) is 51.4 Å². The molecule has 0 aromatic carbocycles. The molecule has 0 N–H and O–H groups in total. The van der Waals surface area contributed by atoms with Crippen LogP contribution in [-0.2, 0) is 0 Å². The average Bonchev–Trinajstić information content (AvgIpc) is 2.46. The molecule has 0 saturated heterocycles. The fourth-order valence-electron chi connectivity index (χ4n) is 2.44. The van der Waals surface area contributed by atoms with Crippen LogP contribution in [0.4, 0.5) is 0 Å². The summed E-state index contributed by atoms with van der Waals surface area (Å²) in [7, 11) is 0. The minimum Gasteiger partial charge on any atom is -0.252 e. The second-order valence-electron chi connectivity index (χ2n) is 5.55. The van der Waals surface area contributed by atoms with Crippen LogP contribution in [0.25, 0.3) is 0 Å². The lowest BCUT2D eigenvalue weighted by Crippen LogP contribution is -2.35. The van der Waals surface area contributed by atoms with Crippen molar-refractivity contribution in [3.05, 3.63) is 0 Å². The summed E-state index contributed by atoms with van der Waals surface area (Å²) in [6.45, 7) is 13.1. The SMILES string of the molecule is CCCCCC[N+](CCCCCC)=C(Cl)N(CC)CC. The second kappa shape index (κ2) is 13.7. The minimum absolute atomic E-state index is 0.961. The van der Waals surface area contributed by atoms with Gasteiger partial charge < -0.3 is 0 Å². The molecule has 3 heteroatoms. The van der Waals surface area contributed by atoms with Crippen molar-refractivity contribution < 1.29 is 4.58 Å². The van der Waals surface area contributed by atoms with Gasteiger partial charge in [-0.05, 0) is 39.5 Å². The first-order valence-electron chi connectivity index (χ1n) is 8.73. The zero-order valence-corrected chi connectivity index (χ0v) is 15.0. The molecule has 0 heterocycles. The number of unbranched alkanes of at least 4 members (excludes halogenated alkanes) is 6. The Kier molecular flexibility index (Phi) is 13.6. The van der Waals surface area contributed by atoms with Gasteiger partial charge in [-0.3, -0.25) is 9.48 Å². The minimum atomic E-state index is 0.961. The number of rotatable bonds is 12. The molecule has 0 rings (SSSR count). The van der Waals surface area contributed by atoms with E-state index >= 15 is 0 Å². The van der Waals surface area contributed by atoms with Crippen LogP contribution in [0.5, 0.6) is 0 Å². The highest BCUT2D eigenvalue weighted by atomic mass is 35.5. The molecule has 0 aliphatic carbocycles. The zero-order chi connectivity index (χ0) is 15.2. The number of nitrogens with zero attached hydrogens (tertiary/aromatic N) is 2. The van der Waals surface area contributed by atoms with E-state index in [2.05, 4.69) is 37.2 Å². The van der Waals surface area contributed by atoms with E-state index < -0.39 is 0 Å². The first-order chi connectivity index (χ1) is 9.71. The van der Waals surface area contributed by atoms with Gasteiger partial charge in [0.1, 0.15) is 0 Å². The summed E-state index contributed by atoms with van der Waals surface area (Å²) in [6, 6.07) is 0. The Bertz CT molecular complexity index is 233. The molecule has 0 saturated carbocycles. The van der Waals surface area contributed by atoms with Crippen molar-refractivity contribution in [3.8, 4) is 0 Å². The maximum absolute atomic E-state index is 6.61. The van der Waals surface area contributed by atoms with Gasteiger partial charge in [-0.1, -0.05) is 39.5 Å². The summed E-state index contributed by atoms with van der Waals surface area (Å²) < 4.78 is 2.40. The summed E-state index contributed by atoms with van der Waals surface area (Å²) in [5.41, 5.74) is 0. The Balaban J connectivity index is 4.45. The van der Waals surface area contributed by atoms with E-state index in [1.54, 1.807) is 0 Å². The lowest BCUT2D eigenvalue weighted by molar-refractivity contribution is -0.531. The molecular weight excluding hydrogens is 268 g/mol. The van der Waals surface area contributed by atoms with Gasteiger partial charge in [-0.25, -0.2) is 0 Å². The Morgan fingerprint density at radius 1 is 0.750 bits per heavy atom. The summed E-state index contributed by atoms with van der Waals surface area (Å²) in [4.78, 5) is 2.27. The first-order valence-corrected chi connectivity index (χ1v) is 9.11. The van der Waals surface area contributed by atoms with Gasteiger partial charge in [-0.2, -0.15) is 0 Å². The highest BCUT2D eigenvalue weighted by molar-refractivity contribution is 6.63. The molecule has 0 radical (unpaired) electrons. The van der Waals surface area contributed by atoms with Crippen molar-refractivity contribution >= 4 is 16.9 Å². The van der Waals surface area contributed by atoms with Gasteiger partial charge in [0, 0.05) is 11.6 Å². The largest absolute Gasteiger partial charge is 0.344 e. The molecule has 120 valence electrons. The van der Waals surface area contributed by atoms with Crippen molar-refractivity contribution in [2.24, 2.45) is 0 Å². The van der Waals surface area contributed by atoms with Crippen LogP contribution in [0.1, 0.15) is 79.1 Å². The molecule has 0 unspecified atom stereocenters. The van der Waals surface area contributed by atoms with E-state index in [0.717, 1.165) is 31.5 Å². The maximum Gasteiger partial charge on any atom is 0.344 e. The summed E-state index contributed by atoms with van der Waals surface area (Å²) in [5.74, 6) is 0. The van der Waals surface area contributed by atoms with E-state index in [9.17, 15) is 0 Å². The van der Waals surface area contributed by atoms with Crippen molar-refractivity contribution in [2.75, 3.05) is 26.2 Å². The van der Waals surface area contributed by atoms with E-state index in [0.29, 0.717) is 0 Å². The van der Waals surface area contributed by atoms with E-state index in [1.807, 2.05) is 0 Å². The van der Waals surface area contributed by atoms with Crippen LogP contribution in [0.15, 0.2) is 0 Å². The van der Waals surface area contributed by atoms with Gasteiger partial charge >= 0.3 is 5.29 Å². The quantitative estimate of drug-likeness (QED) is 0.160. The fraction of sp³-hybridized carbons (Fsp3) is 0.941. The summed E-state index contributed by atoms with van der Waals surface area (Å²) in [5, 5.41) is 0.961. The smallest absolute Gasteiger partial charge is 0.252 e. The topological polar surface area (TPSA) is 6.25 Å². The van der Waals surface area contributed by atoms with Crippen molar-refractivity contribution in [3.63, 3.8) is 0 Å². The Morgan fingerprint density at radius 3 is 1.55 bits per heavy atom. The molecule has 0 spiro atoms. The first kappa shape index (κ1) is 19.8. The molecule has 0 aromatic heterocycles. The highest BCUT2D eigenvalue weighted by Gasteiger charge is 2.17. The molecule has 0 aliphatic rings. The Hall–Kier alpha value is -0.240. The fourth-order valence-corrected chi connectivity index (χ4v) is 2.85. The third kappa shape index (κ3) is 8.84. The average molecular weight is 304 g/mol. The molecule has 0 bridgehead atoms. The predicted octanol–water partition coefficient (Wildman–Crippen LogP) is 5.10. The maximum atomic E-state index is 6.61. The highest BCUT2D eigenvalue weighted by Crippen LogP contribution is 2.05.